The van der Waals surface area contributed by atoms with Crippen LogP contribution in [-0.4, -0.2) is 29.4 Å². The van der Waals surface area contributed by atoms with E-state index in [1.165, 1.54) is 4.70 Å². The number of likely N-dealkylation sites (N-methyl/N-ethyl adjacent to an activating group) is 1. The van der Waals surface area contributed by atoms with Crippen molar-refractivity contribution in [2.45, 2.75) is 19.0 Å². The van der Waals surface area contributed by atoms with Crippen molar-refractivity contribution >= 4 is 27.5 Å². The predicted molar refractivity (Wildman–Crippen MR) is 124 cm³/mol. The van der Waals surface area contributed by atoms with E-state index >= 15 is 0 Å². The molecule has 4 nitrogen and oxygen atoms in total. The van der Waals surface area contributed by atoms with Crippen molar-refractivity contribution in [1.29, 1.82) is 0 Å². The highest BCUT2D eigenvalue weighted by Crippen LogP contribution is 2.29. The average Bonchev–Trinajstić information content (AvgIpc) is 3.22. The van der Waals surface area contributed by atoms with E-state index in [4.69, 9.17) is 4.98 Å². The van der Waals surface area contributed by atoms with Crippen molar-refractivity contribution in [3.8, 4) is 0 Å². The Kier molecular flexibility index (Phi) is 6.21. The highest BCUT2D eigenvalue weighted by Gasteiger charge is 2.21. The molecule has 0 aliphatic heterocycles. The van der Waals surface area contributed by atoms with E-state index in [0.29, 0.717) is 6.54 Å². The number of nitrogens with one attached hydrogen (secondary N) is 1. The lowest BCUT2D eigenvalue weighted by atomic mass is 9.99. The number of amides is 1. The lowest BCUT2D eigenvalue weighted by molar-refractivity contribution is -0.122. The van der Waals surface area contributed by atoms with Crippen LogP contribution in [0, 0.1) is 0 Å². The highest BCUT2D eigenvalue weighted by atomic mass is 32.1. The summed E-state index contributed by atoms with van der Waals surface area (Å²) in [5.41, 5.74) is 3.15. The summed E-state index contributed by atoms with van der Waals surface area (Å²) in [5, 5.41) is 4.24. The van der Waals surface area contributed by atoms with Crippen LogP contribution in [0.4, 0.5) is 0 Å². The lowest BCUT2D eigenvalue weighted by Gasteiger charge is -2.25. The molecule has 0 saturated carbocycles. The molecule has 3 aromatic carbocycles. The summed E-state index contributed by atoms with van der Waals surface area (Å²) in [4.78, 5) is 19.7. The Morgan fingerprint density at radius 3 is 2.10 bits per heavy atom. The van der Waals surface area contributed by atoms with Crippen LogP contribution in [0.5, 0.6) is 0 Å². The minimum atomic E-state index is -0.175. The van der Waals surface area contributed by atoms with E-state index < -0.39 is 0 Å². The number of carbonyl (C=O) groups is 1. The molecule has 0 radical (unpaired) electrons. The second kappa shape index (κ2) is 9.20. The van der Waals surface area contributed by atoms with Crippen molar-refractivity contribution in [1.82, 2.24) is 15.2 Å². The van der Waals surface area contributed by atoms with Gasteiger partial charge < -0.3 is 5.32 Å². The summed E-state index contributed by atoms with van der Waals surface area (Å²) in [5.74, 6) is -0.0110. The smallest absolute Gasteiger partial charge is 0.234 e. The van der Waals surface area contributed by atoms with Gasteiger partial charge in [0, 0.05) is 0 Å². The predicted octanol–water partition coefficient (Wildman–Crippen LogP) is 5.19. The molecule has 1 heterocycles. The standard InChI is InChI=1S/C25H25N3OS/c1-18(25-26-21-15-9-10-16-22(21)30-25)28(2)17-23(29)27-24(19-11-5-3-6-12-19)20-13-7-4-8-14-20/h3-16,18,24H,17H2,1-2H3,(H,27,29)/t18-/m1/s1. The Hall–Kier alpha value is -3.02. The van der Waals surface area contributed by atoms with Crippen molar-refractivity contribution in [3.63, 3.8) is 0 Å². The van der Waals surface area contributed by atoms with E-state index in [1.54, 1.807) is 11.3 Å². The van der Waals surface area contributed by atoms with Gasteiger partial charge in [0.25, 0.3) is 0 Å². The van der Waals surface area contributed by atoms with Gasteiger partial charge >= 0.3 is 0 Å². The zero-order valence-electron chi connectivity index (χ0n) is 17.2. The van der Waals surface area contributed by atoms with Gasteiger partial charge in [0.05, 0.1) is 28.8 Å². The molecule has 30 heavy (non-hydrogen) atoms. The molecule has 0 aliphatic carbocycles. The van der Waals surface area contributed by atoms with E-state index in [1.807, 2.05) is 90.8 Å². The number of rotatable bonds is 7. The molecule has 4 rings (SSSR count). The summed E-state index contributed by atoms with van der Waals surface area (Å²) in [6.07, 6.45) is 0. The van der Waals surface area contributed by atoms with E-state index in [9.17, 15) is 4.79 Å². The fraction of sp³-hybridized carbons (Fsp3) is 0.200. The molecule has 1 atom stereocenters. The molecule has 0 bridgehead atoms. The number of benzene rings is 3. The fourth-order valence-corrected chi connectivity index (χ4v) is 4.56. The van der Waals surface area contributed by atoms with Crippen LogP contribution < -0.4 is 5.32 Å². The lowest BCUT2D eigenvalue weighted by Crippen LogP contribution is -2.38. The Bertz CT molecular complexity index is 1040. The minimum Gasteiger partial charge on any atom is -0.344 e. The maximum atomic E-state index is 12.9. The van der Waals surface area contributed by atoms with Crippen molar-refractivity contribution in [2.24, 2.45) is 0 Å². The average molecular weight is 416 g/mol. The topological polar surface area (TPSA) is 45.2 Å². The maximum absolute atomic E-state index is 12.9. The van der Waals surface area contributed by atoms with Crippen LogP contribution in [0.1, 0.15) is 35.1 Å². The van der Waals surface area contributed by atoms with Crippen molar-refractivity contribution in [3.05, 3.63) is 101 Å². The first-order valence-corrected chi connectivity index (χ1v) is 10.9. The molecule has 0 saturated heterocycles. The van der Waals surface area contributed by atoms with Crippen molar-refractivity contribution < 1.29 is 4.79 Å². The molecule has 1 aromatic heterocycles. The summed E-state index contributed by atoms with van der Waals surface area (Å²) < 4.78 is 1.17. The first-order valence-electron chi connectivity index (χ1n) is 10.1. The minimum absolute atomic E-state index is 0.0110. The van der Waals surface area contributed by atoms with Crippen LogP contribution in [0.15, 0.2) is 84.9 Å². The number of fused-ring (bicyclic) bond motifs is 1. The summed E-state index contributed by atoms with van der Waals surface area (Å²) in [7, 11) is 1.97. The molecule has 4 aromatic rings. The van der Waals surface area contributed by atoms with Gasteiger partial charge in [-0.1, -0.05) is 72.8 Å². The number of hydrogen-bond donors (Lipinski definition) is 1. The summed E-state index contributed by atoms with van der Waals surface area (Å²) in [6.45, 7) is 2.39. The van der Waals surface area contributed by atoms with Crippen LogP contribution in [0.3, 0.4) is 0 Å². The summed E-state index contributed by atoms with van der Waals surface area (Å²) >= 11 is 1.68. The number of hydrogen-bond acceptors (Lipinski definition) is 4. The normalized spacial score (nSPS) is 12.4. The molecule has 0 unspecified atom stereocenters. The Labute approximate surface area is 181 Å². The number of thiazole rings is 1. The van der Waals surface area contributed by atoms with Crippen LogP contribution in [0.2, 0.25) is 0 Å². The van der Waals surface area contributed by atoms with Gasteiger partial charge in [-0.2, -0.15) is 0 Å². The first kappa shape index (κ1) is 20.3. The third-order valence-electron chi connectivity index (χ3n) is 5.29. The highest BCUT2D eigenvalue weighted by molar-refractivity contribution is 7.18. The second-order valence-electron chi connectivity index (χ2n) is 7.43. The molecule has 1 N–H and O–H groups in total. The zero-order chi connectivity index (χ0) is 20.9. The molecule has 5 heteroatoms. The van der Waals surface area contributed by atoms with E-state index in [-0.39, 0.29) is 18.0 Å². The van der Waals surface area contributed by atoms with Crippen LogP contribution in [-0.2, 0) is 4.79 Å². The quantitative estimate of drug-likeness (QED) is 0.451. The Morgan fingerprint density at radius 2 is 1.50 bits per heavy atom. The van der Waals surface area contributed by atoms with Gasteiger partial charge in [-0.25, -0.2) is 4.98 Å². The summed E-state index contributed by atoms with van der Waals surface area (Å²) in [6, 6.07) is 28.2. The van der Waals surface area contributed by atoms with E-state index in [0.717, 1.165) is 21.7 Å². The van der Waals surface area contributed by atoms with Gasteiger partial charge in [0.15, 0.2) is 0 Å². The third kappa shape index (κ3) is 4.58. The van der Waals surface area contributed by atoms with Gasteiger partial charge in [-0.05, 0) is 37.2 Å². The molecule has 1 amide bonds. The Morgan fingerprint density at radius 1 is 0.933 bits per heavy atom. The van der Waals surface area contributed by atoms with E-state index in [2.05, 4.69) is 18.3 Å². The molecule has 152 valence electrons. The van der Waals surface area contributed by atoms with Gasteiger partial charge in [0.1, 0.15) is 5.01 Å². The van der Waals surface area contributed by atoms with Crippen molar-refractivity contribution in [2.75, 3.05) is 13.6 Å². The molecule has 0 spiro atoms. The van der Waals surface area contributed by atoms with Crippen LogP contribution in [0.25, 0.3) is 10.2 Å². The van der Waals surface area contributed by atoms with Gasteiger partial charge in [0.2, 0.25) is 5.91 Å². The zero-order valence-corrected chi connectivity index (χ0v) is 18.0. The SMILES string of the molecule is C[C@H](c1nc2ccccc2s1)N(C)CC(=O)NC(c1ccccc1)c1ccccc1. The number of para-hydroxylation sites is 1. The first-order chi connectivity index (χ1) is 14.6. The maximum Gasteiger partial charge on any atom is 0.234 e. The van der Waals surface area contributed by atoms with Gasteiger partial charge in [-0.3, -0.25) is 9.69 Å². The molecular formula is C25H25N3OS. The third-order valence-corrected chi connectivity index (χ3v) is 6.50. The number of nitrogens with zero attached hydrogens (tertiary/aromatic N) is 2. The second-order valence-corrected chi connectivity index (χ2v) is 8.50. The largest absolute Gasteiger partial charge is 0.344 e. The number of aromatic nitrogens is 1. The molecule has 0 aliphatic rings. The molecular weight excluding hydrogens is 390 g/mol. The Balaban J connectivity index is 1.47. The monoisotopic (exact) mass is 415 g/mol. The fourth-order valence-electron chi connectivity index (χ4n) is 3.48. The van der Waals surface area contributed by atoms with Crippen LogP contribution >= 0.6 is 11.3 Å². The molecule has 0 fully saturated rings. The number of carbonyl (C=O) groups excluding carboxylic acids is 1. The van der Waals surface area contributed by atoms with Gasteiger partial charge in [-0.15, -0.1) is 11.3 Å².